The summed E-state index contributed by atoms with van der Waals surface area (Å²) in [5.74, 6) is 1.82. The van der Waals surface area contributed by atoms with Crippen molar-refractivity contribution in [2.45, 2.75) is 51.5 Å². The number of carbonyl (C=O) groups is 1. The summed E-state index contributed by atoms with van der Waals surface area (Å²) in [4.78, 5) is 23.1. The molecule has 0 bridgehead atoms. The average molecular weight is 384 g/mol. The maximum atomic E-state index is 12.1. The van der Waals surface area contributed by atoms with E-state index in [1.165, 1.54) is 0 Å². The third kappa shape index (κ3) is 4.31. The summed E-state index contributed by atoms with van der Waals surface area (Å²) < 4.78 is 5.55. The first-order chi connectivity index (χ1) is 12.5. The van der Waals surface area contributed by atoms with Crippen molar-refractivity contribution in [3.63, 3.8) is 0 Å². The van der Waals surface area contributed by atoms with E-state index in [-0.39, 0.29) is 23.2 Å². The third-order valence-electron chi connectivity index (χ3n) is 5.30. The summed E-state index contributed by atoms with van der Waals surface area (Å²) in [6, 6.07) is 0. The molecule has 0 aromatic carbocycles. The lowest BCUT2D eigenvalue weighted by Gasteiger charge is -2.35. The molecule has 3 heterocycles. The van der Waals surface area contributed by atoms with Gasteiger partial charge in [-0.2, -0.15) is 4.98 Å². The molecule has 2 fully saturated rings. The predicted octanol–water partition coefficient (Wildman–Crippen LogP) is 2.53. The number of amides is 1. The van der Waals surface area contributed by atoms with Gasteiger partial charge < -0.3 is 14.3 Å². The first-order valence-corrected chi connectivity index (χ1v) is 10.2. The van der Waals surface area contributed by atoms with Crippen LogP contribution >= 0.6 is 11.6 Å². The zero-order chi connectivity index (χ0) is 18.7. The van der Waals surface area contributed by atoms with Gasteiger partial charge in [0.1, 0.15) is 0 Å². The topological polar surface area (TPSA) is 65.7 Å². The first-order valence-electron chi connectivity index (χ1n) is 9.75. The molecule has 2 unspecified atom stereocenters. The summed E-state index contributed by atoms with van der Waals surface area (Å²) in [7, 11) is 0. The van der Waals surface area contributed by atoms with E-state index in [0.717, 1.165) is 45.4 Å². The smallest absolute Gasteiger partial charge is 0.266 e. The number of piperidine rings is 1. The monoisotopic (exact) mass is 383 g/mol. The van der Waals surface area contributed by atoms with Gasteiger partial charge in [0.05, 0.1) is 5.50 Å². The Morgan fingerprint density at radius 1 is 1.27 bits per heavy atom. The zero-order valence-electron chi connectivity index (χ0n) is 16.0. The van der Waals surface area contributed by atoms with E-state index in [0.29, 0.717) is 24.9 Å². The van der Waals surface area contributed by atoms with Gasteiger partial charge >= 0.3 is 0 Å². The molecule has 8 heteroatoms. The summed E-state index contributed by atoms with van der Waals surface area (Å²) in [5, 5.41) is 4.18. The van der Waals surface area contributed by atoms with Gasteiger partial charge in [0, 0.05) is 44.6 Å². The Hall–Kier alpha value is -1.34. The number of hydrogen-bond donors (Lipinski definition) is 0. The summed E-state index contributed by atoms with van der Waals surface area (Å²) in [5.41, 5.74) is 0.0367. The number of alkyl halides is 1. The number of hydrogen-bond acceptors (Lipinski definition) is 6. The fraction of sp³-hybridized carbons (Fsp3) is 0.833. The standard InChI is InChI=1S/C18H30ClN5O2/c1-4-6-22-7-5-14(12-15(22)19)16-20-18(21-26-16)24-10-8-23(9-11-24)17(25)13(2)3/h13-15H,4-12H2,1-3H3. The van der Waals surface area contributed by atoms with Crippen molar-refractivity contribution in [1.29, 1.82) is 0 Å². The van der Waals surface area contributed by atoms with E-state index < -0.39 is 0 Å². The zero-order valence-corrected chi connectivity index (χ0v) is 16.8. The molecule has 146 valence electrons. The van der Waals surface area contributed by atoms with Crippen LogP contribution in [0.15, 0.2) is 4.52 Å². The lowest BCUT2D eigenvalue weighted by atomic mass is 9.96. The fourth-order valence-corrected chi connectivity index (χ4v) is 4.15. The van der Waals surface area contributed by atoms with Crippen molar-refractivity contribution < 1.29 is 9.32 Å². The normalized spacial score (nSPS) is 25.1. The number of nitrogens with zero attached hydrogens (tertiary/aromatic N) is 5. The van der Waals surface area contributed by atoms with E-state index >= 15 is 0 Å². The summed E-state index contributed by atoms with van der Waals surface area (Å²) >= 11 is 6.52. The highest BCUT2D eigenvalue weighted by Crippen LogP contribution is 2.33. The molecule has 1 aromatic heterocycles. The lowest BCUT2D eigenvalue weighted by Crippen LogP contribution is -2.50. The summed E-state index contributed by atoms with van der Waals surface area (Å²) in [6.45, 7) is 11.0. The van der Waals surface area contributed by atoms with Crippen molar-refractivity contribution in [2.75, 3.05) is 44.2 Å². The van der Waals surface area contributed by atoms with E-state index in [2.05, 4.69) is 26.9 Å². The average Bonchev–Trinajstić information content (AvgIpc) is 3.13. The van der Waals surface area contributed by atoms with Crippen molar-refractivity contribution in [2.24, 2.45) is 5.92 Å². The van der Waals surface area contributed by atoms with E-state index in [1.807, 2.05) is 18.7 Å². The number of piperazine rings is 1. The molecule has 0 radical (unpaired) electrons. The lowest BCUT2D eigenvalue weighted by molar-refractivity contribution is -0.134. The van der Waals surface area contributed by atoms with Crippen molar-refractivity contribution in [1.82, 2.24) is 19.9 Å². The predicted molar refractivity (Wildman–Crippen MR) is 101 cm³/mol. The highest BCUT2D eigenvalue weighted by atomic mass is 35.5. The number of halogens is 1. The number of carbonyl (C=O) groups excluding carboxylic acids is 1. The molecule has 1 amide bonds. The van der Waals surface area contributed by atoms with Gasteiger partial charge in [0.15, 0.2) is 0 Å². The van der Waals surface area contributed by atoms with Crippen LogP contribution in [0.2, 0.25) is 0 Å². The minimum Gasteiger partial charge on any atom is -0.339 e. The van der Waals surface area contributed by atoms with Crippen LogP contribution in [0.5, 0.6) is 0 Å². The SMILES string of the molecule is CCCN1CCC(c2nc(N3CCN(C(=O)C(C)C)CC3)no2)CC1Cl. The molecular weight excluding hydrogens is 354 g/mol. The fourth-order valence-electron chi connectivity index (χ4n) is 3.74. The number of likely N-dealkylation sites (tertiary alicyclic amines) is 1. The Kier molecular flexibility index (Phi) is 6.40. The van der Waals surface area contributed by atoms with Crippen LogP contribution in [-0.2, 0) is 4.79 Å². The van der Waals surface area contributed by atoms with Crippen LogP contribution in [0.3, 0.4) is 0 Å². The Labute approximate surface area is 160 Å². The Morgan fingerprint density at radius 2 is 2.00 bits per heavy atom. The van der Waals surface area contributed by atoms with Crippen LogP contribution in [0, 0.1) is 5.92 Å². The van der Waals surface area contributed by atoms with Gasteiger partial charge in [-0.05, 0) is 31.0 Å². The Balaban J connectivity index is 1.55. The minimum absolute atomic E-state index is 0.0367. The second-order valence-corrected chi connectivity index (χ2v) is 8.10. The summed E-state index contributed by atoms with van der Waals surface area (Å²) in [6.07, 6.45) is 2.96. The minimum atomic E-state index is 0.0367. The maximum absolute atomic E-state index is 12.1. The van der Waals surface area contributed by atoms with Gasteiger partial charge in [0.25, 0.3) is 5.95 Å². The first kappa shape index (κ1) is 19.4. The highest BCUT2D eigenvalue weighted by molar-refractivity contribution is 6.20. The van der Waals surface area contributed by atoms with Crippen LogP contribution in [0.1, 0.15) is 51.8 Å². The molecule has 1 aromatic rings. The van der Waals surface area contributed by atoms with Crippen molar-refractivity contribution in [3.05, 3.63) is 5.89 Å². The molecule has 2 aliphatic rings. The van der Waals surface area contributed by atoms with Gasteiger partial charge in [-0.3, -0.25) is 9.69 Å². The molecule has 7 nitrogen and oxygen atoms in total. The molecule has 3 rings (SSSR count). The molecule has 0 saturated carbocycles. The van der Waals surface area contributed by atoms with Crippen molar-refractivity contribution in [3.8, 4) is 0 Å². The van der Waals surface area contributed by atoms with Crippen LogP contribution < -0.4 is 4.90 Å². The second-order valence-electron chi connectivity index (χ2n) is 7.59. The number of rotatable bonds is 5. The molecule has 0 spiro atoms. The van der Waals surface area contributed by atoms with E-state index in [1.54, 1.807) is 0 Å². The molecule has 0 aliphatic carbocycles. The molecule has 0 N–H and O–H groups in total. The van der Waals surface area contributed by atoms with Crippen LogP contribution in [0.4, 0.5) is 5.95 Å². The van der Waals surface area contributed by atoms with Gasteiger partial charge in [0.2, 0.25) is 11.8 Å². The third-order valence-corrected chi connectivity index (χ3v) is 5.75. The molecule has 2 aliphatic heterocycles. The van der Waals surface area contributed by atoms with Gasteiger partial charge in [-0.1, -0.05) is 20.8 Å². The molecule has 26 heavy (non-hydrogen) atoms. The van der Waals surface area contributed by atoms with Gasteiger partial charge in [-0.25, -0.2) is 0 Å². The van der Waals surface area contributed by atoms with E-state index in [4.69, 9.17) is 16.1 Å². The number of anilines is 1. The molecular formula is C18H30ClN5O2. The van der Waals surface area contributed by atoms with Crippen LogP contribution in [-0.4, -0.2) is 70.6 Å². The van der Waals surface area contributed by atoms with E-state index in [9.17, 15) is 4.79 Å². The largest absolute Gasteiger partial charge is 0.339 e. The molecule has 2 atom stereocenters. The second kappa shape index (κ2) is 8.57. The van der Waals surface area contributed by atoms with Crippen molar-refractivity contribution >= 4 is 23.5 Å². The van der Waals surface area contributed by atoms with Gasteiger partial charge in [-0.15, -0.1) is 11.6 Å². The van der Waals surface area contributed by atoms with Crippen LogP contribution in [0.25, 0.3) is 0 Å². The quantitative estimate of drug-likeness (QED) is 0.575. The maximum Gasteiger partial charge on any atom is 0.266 e. The highest BCUT2D eigenvalue weighted by Gasteiger charge is 2.32. The number of aromatic nitrogens is 2. The Bertz CT molecular complexity index is 600. The Morgan fingerprint density at radius 3 is 2.62 bits per heavy atom. The molecule has 2 saturated heterocycles.